The van der Waals surface area contributed by atoms with Crippen LogP contribution >= 0.6 is 0 Å². The lowest BCUT2D eigenvalue weighted by molar-refractivity contribution is 0.453. The maximum absolute atomic E-state index is 11.6. The van der Waals surface area contributed by atoms with Gasteiger partial charge in [0, 0.05) is 6.26 Å². The van der Waals surface area contributed by atoms with E-state index in [-0.39, 0.29) is 6.54 Å². The number of rotatable bonds is 6. The number of nitrogens with zero attached hydrogens (tertiary/aromatic N) is 4. The van der Waals surface area contributed by atoms with Crippen molar-refractivity contribution in [2.24, 2.45) is 0 Å². The normalized spacial score (nSPS) is 12.9. The molecule has 1 aromatic heterocycles. The Labute approximate surface area is 102 Å². The molecule has 0 aliphatic rings. The van der Waals surface area contributed by atoms with Gasteiger partial charge in [-0.3, -0.25) is 0 Å². The van der Waals surface area contributed by atoms with Crippen molar-refractivity contribution in [3.63, 3.8) is 0 Å². The van der Waals surface area contributed by atoms with Crippen molar-refractivity contribution in [1.82, 2.24) is 25.5 Å². The van der Waals surface area contributed by atoms with Crippen LogP contribution in [0.3, 0.4) is 0 Å². The molecule has 1 aromatic rings. The topological polar surface area (TPSA) is 89.8 Å². The molecule has 0 aliphatic carbocycles. The van der Waals surface area contributed by atoms with E-state index in [2.05, 4.69) is 20.8 Å². The second kappa shape index (κ2) is 5.09. The van der Waals surface area contributed by atoms with Gasteiger partial charge in [-0.05, 0) is 30.8 Å². The minimum Gasteiger partial charge on any atom is -0.310 e. The molecule has 0 aromatic carbocycles. The molecule has 0 unspecified atom stereocenters. The van der Waals surface area contributed by atoms with Gasteiger partial charge in [0.05, 0.1) is 17.8 Å². The second-order valence-corrected chi connectivity index (χ2v) is 7.21. The van der Waals surface area contributed by atoms with E-state index >= 15 is 0 Å². The van der Waals surface area contributed by atoms with Crippen molar-refractivity contribution in [3.8, 4) is 0 Å². The van der Waals surface area contributed by atoms with Crippen molar-refractivity contribution < 1.29 is 8.42 Å². The Hall–Kier alpha value is -1.02. The van der Waals surface area contributed by atoms with Gasteiger partial charge in [-0.1, -0.05) is 6.92 Å². The lowest BCUT2D eigenvalue weighted by Crippen LogP contribution is -2.37. The zero-order valence-corrected chi connectivity index (χ0v) is 11.5. The molecule has 98 valence electrons. The van der Waals surface area contributed by atoms with Crippen LogP contribution in [0.1, 0.15) is 26.6 Å². The molecule has 1 N–H and O–H groups in total. The molecular formula is C9H19N5O2S. The summed E-state index contributed by atoms with van der Waals surface area (Å²) < 4.78 is 23.9. The zero-order valence-electron chi connectivity index (χ0n) is 10.6. The largest absolute Gasteiger partial charge is 0.310 e. The number of sulfone groups is 1. The van der Waals surface area contributed by atoms with Crippen LogP contribution in [0, 0.1) is 0 Å². The molecule has 17 heavy (non-hydrogen) atoms. The molecule has 1 heterocycles. The predicted octanol–water partition coefficient (Wildman–Crippen LogP) is -0.394. The summed E-state index contributed by atoms with van der Waals surface area (Å²) in [6, 6.07) is 0. The average Bonchev–Trinajstić information content (AvgIpc) is 2.60. The van der Waals surface area contributed by atoms with Gasteiger partial charge in [-0.15, -0.1) is 5.10 Å². The molecule has 7 nitrogen and oxygen atoms in total. The summed E-state index contributed by atoms with van der Waals surface area (Å²) >= 11 is 0. The first-order chi connectivity index (χ1) is 7.78. The summed E-state index contributed by atoms with van der Waals surface area (Å²) in [7, 11) is -3.15. The molecule has 0 radical (unpaired) electrons. The van der Waals surface area contributed by atoms with Gasteiger partial charge < -0.3 is 5.32 Å². The van der Waals surface area contributed by atoms with Gasteiger partial charge in [0.15, 0.2) is 15.7 Å². The van der Waals surface area contributed by atoms with E-state index in [0.717, 1.165) is 6.54 Å². The Kier molecular flexibility index (Phi) is 4.21. The highest BCUT2D eigenvalue weighted by molar-refractivity contribution is 7.92. The first kappa shape index (κ1) is 14.0. The molecule has 0 saturated heterocycles. The summed E-state index contributed by atoms with van der Waals surface area (Å²) in [6.07, 6.45) is 1.22. The maximum atomic E-state index is 11.6. The van der Waals surface area contributed by atoms with Crippen LogP contribution in [0.2, 0.25) is 0 Å². The number of tetrazole rings is 1. The van der Waals surface area contributed by atoms with Crippen LogP contribution < -0.4 is 5.32 Å². The molecule has 0 aliphatic heterocycles. The summed E-state index contributed by atoms with van der Waals surface area (Å²) in [6.45, 7) is 6.90. The summed E-state index contributed by atoms with van der Waals surface area (Å²) in [5, 5.41) is 14.4. The van der Waals surface area contributed by atoms with Gasteiger partial charge in [0.25, 0.3) is 0 Å². The van der Waals surface area contributed by atoms with Crippen LogP contribution in [0.4, 0.5) is 0 Å². The van der Waals surface area contributed by atoms with Crippen LogP contribution in [-0.4, -0.2) is 46.2 Å². The third-order valence-corrected chi connectivity index (χ3v) is 4.81. The quantitative estimate of drug-likeness (QED) is 0.750. The number of hydrogen-bond acceptors (Lipinski definition) is 6. The number of nitrogens with one attached hydrogen (secondary N) is 1. The smallest absolute Gasteiger partial charge is 0.165 e. The van der Waals surface area contributed by atoms with Crippen LogP contribution in [0.5, 0.6) is 0 Å². The molecule has 0 fully saturated rings. The molecule has 0 amide bonds. The van der Waals surface area contributed by atoms with E-state index in [4.69, 9.17) is 0 Å². The third-order valence-electron chi connectivity index (χ3n) is 2.67. The average molecular weight is 261 g/mol. The van der Waals surface area contributed by atoms with Crippen molar-refractivity contribution in [3.05, 3.63) is 5.82 Å². The SMILES string of the molecule is CCNCc1nnnn1CC(C)(C)S(C)(=O)=O. The van der Waals surface area contributed by atoms with Crippen LogP contribution in [0.15, 0.2) is 0 Å². The minimum absolute atomic E-state index is 0.250. The first-order valence-corrected chi connectivity index (χ1v) is 7.32. The molecular weight excluding hydrogens is 242 g/mol. The summed E-state index contributed by atoms with van der Waals surface area (Å²) in [5.74, 6) is 0.642. The highest BCUT2D eigenvalue weighted by Crippen LogP contribution is 2.17. The van der Waals surface area contributed by atoms with Crippen molar-refractivity contribution in [2.75, 3.05) is 12.8 Å². The Morgan fingerprint density at radius 2 is 2.06 bits per heavy atom. The fraction of sp³-hybridized carbons (Fsp3) is 0.889. The number of aromatic nitrogens is 4. The predicted molar refractivity (Wildman–Crippen MR) is 64.1 cm³/mol. The first-order valence-electron chi connectivity index (χ1n) is 5.43. The monoisotopic (exact) mass is 261 g/mol. The van der Waals surface area contributed by atoms with Crippen molar-refractivity contribution in [2.45, 2.75) is 38.6 Å². The fourth-order valence-electron chi connectivity index (χ4n) is 1.19. The highest BCUT2D eigenvalue weighted by atomic mass is 32.2. The highest BCUT2D eigenvalue weighted by Gasteiger charge is 2.32. The molecule has 8 heteroatoms. The van der Waals surface area contributed by atoms with Gasteiger partial charge in [0.2, 0.25) is 0 Å². The summed E-state index contributed by atoms with van der Waals surface area (Å²) in [5.41, 5.74) is 0. The standard InChI is InChI=1S/C9H19N5O2S/c1-5-10-6-8-11-12-13-14(8)7-9(2,3)17(4,15)16/h10H,5-7H2,1-4H3. The van der Waals surface area contributed by atoms with E-state index < -0.39 is 14.6 Å². The Bertz CT molecular complexity index is 465. The van der Waals surface area contributed by atoms with E-state index in [0.29, 0.717) is 12.4 Å². The Morgan fingerprint density at radius 1 is 1.41 bits per heavy atom. The minimum atomic E-state index is -3.15. The van der Waals surface area contributed by atoms with E-state index in [9.17, 15) is 8.42 Å². The molecule has 0 bridgehead atoms. The zero-order chi connectivity index (χ0) is 13.1. The van der Waals surface area contributed by atoms with Gasteiger partial charge in [-0.25, -0.2) is 13.1 Å². The van der Waals surface area contributed by atoms with Crippen molar-refractivity contribution >= 4 is 9.84 Å². The molecule has 0 saturated carbocycles. The fourth-order valence-corrected chi connectivity index (χ4v) is 1.54. The van der Waals surface area contributed by atoms with Gasteiger partial charge >= 0.3 is 0 Å². The molecule has 1 rings (SSSR count). The second-order valence-electron chi connectivity index (χ2n) is 4.56. The Balaban J connectivity index is 2.85. The van der Waals surface area contributed by atoms with Crippen molar-refractivity contribution in [1.29, 1.82) is 0 Å². The molecule has 0 atom stereocenters. The molecule has 0 spiro atoms. The lowest BCUT2D eigenvalue weighted by Gasteiger charge is -2.22. The van der Waals surface area contributed by atoms with Gasteiger partial charge in [-0.2, -0.15) is 0 Å². The maximum Gasteiger partial charge on any atom is 0.165 e. The van der Waals surface area contributed by atoms with Crippen LogP contribution in [-0.2, 0) is 22.9 Å². The van der Waals surface area contributed by atoms with E-state index in [1.807, 2.05) is 6.92 Å². The van der Waals surface area contributed by atoms with Gasteiger partial charge in [0.1, 0.15) is 0 Å². The summed E-state index contributed by atoms with van der Waals surface area (Å²) in [4.78, 5) is 0. The third kappa shape index (κ3) is 3.47. The number of hydrogen-bond donors (Lipinski definition) is 1. The lowest BCUT2D eigenvalue weighted by atomic mass is 10.2. The Morgan fingerprint density at radius 3 is 2.59 bits per heavy atom. The van der Waals surface area contributed by atoms with E-state index in [1.165, 1.54) is 10.9 Å². The van der Waals surface area contributed by atoms with E-state index in [1.54, 1.807) is 13.8 Å². The van der Waals surface area contributed by atoms with Crippen LogP contribution in [0.25, 0.3) is 0 Å².